The van der Waals surface area contributed by atoms with Crippen molar-refractivity contribution in [1.82, 2.24) is 14.7 Å². The lowest BCUT2D eigenvalue weighted by atomic mass is 10.0. The number of benzene rings is 2. The first-order chi connectivity index (χ1) is 16.2. The molecule has 1 N–H and O–H groups in total. The monoisotopic (exact) mass is 499 g/mol. The average Bonchev–Trinajstić information content (AvgIpc) is 3.17. The van der Waals surface area contributed by atoms with E-state index in [4.69, 9.17) is 23.2 Å². The van der Waals surface area contributed by atoms with E-state index in [-0.39, 0.29) is 23.9 Å². The van der Waals surface area contributed by atoms with Crippen molar-refractivity contribution in [2.45, 2.75) is 33.1 Å². The van der Waals surface area contributed by atoms with Crippen LogP contribution in [0.1, 0.15) is 54.7 Å². The van der Waals surface area contributed by atoms with Crippen LogP contribution in [0.5, 0.6) is 0 Å². The Balaban J connectivity index is 1.91. The molecule has 0 bridgehead atoms. The van der Waals surface area contributed by atoms with Gasteiger partial charge in [0.15, 0.2) is 5.78 Å². The van der Waals surface area contributed by atoms with E-state index in [1.165, 1.54) is 15.7 Å². The third kappa shape index (κ3) is 5.88. The maximum absolute atomic E-state index is 13.3. The Morgan fingerprint density at radius 3 is 2.41 bits per heavy atom. The fraction of sp³-hybridized carbons (Fsp3) is 0.269. The van der Waals surface area contributed by atoms with Gasteiger partial charge in [0.05, 0.1) is 28.0 Å². The summed E-state index contributed by atoms with van der Waals surface area (Å²) in [6.07, 6.45) is 3.84. The quantitative estimate of drug-likeness (QED) is 0.301. The van der Waals surface area contributed by atoms with Crippen molar-refractivity contribution in [3.05, 3.63) is 91.8 Å². The summed E-state index contributed by atoms with van der Waals surface area (Å²) in [4.78, 5) is 40.9. The molecular weight excluding hydrogens is 473 g/mol. The lowest BCUT2D eigenvalue weighted by Gasteiger charge is -2.19. The smallest absolute Gasteiger partial charge is 0.282 e. The molecule has 3 rings (SSSR count). The lowest BCUT2D eigenvalue weighted by molar-refractivity contribution is -0.125. The predicted octanol–water partition coefficient (Wildman–Crippen LogP) is 5.73. The van der Waals surface area contributed by atoms with Gasteiger partial charge in [-0.1, -0.05) is 74.3 Å². The molecular formula is C26H27Cl2N3O3. The van der Waals surface area contributed by atoms with E-state index in [2.05, 4.69) is 5.10 Å². The maximum Gasteiger partial charge on any atom is 0.282 e. The number of Topliss-reactive ketones (excluding diaryl/α,β-unsaturated/α-hetero) is 1. The van der Waals surface area contributed by atoms with Crippen LogP contribution in [0.3, 0.4) is 0 Å². The summed E-state index contributed by atoms with van der Waals surface area (Å²) in [5, 5.41) is 3.70. The van der Waals surface area contributed by atoms with Crippen molar-refractivity contribution in [3.63, 3.8) is 0 Å². The van der Waals surface area contributed by atoms with Crippen LogP contribution < -0.4 is 5.56 Å². The van der Waals surface area contributed by atoms with Crippen molar-refractivity contribution in [1.29, 1.82) is 0 Å². The number of aromatic amines is 1. The second-order valence-electron chi connectivity index (χ2n) is 8.22. The number of H-pyrrole nitrogens is 1. The van der Waals surface area contributed by atoms with Crippen molar-refractivity contribution in [2.75, 3.05) is 13.1 Å². The summed E-state index contributed by atoms with van der Waals surface area (Å²) in [6.45, 7) is 5.91. The van der Waals surface area contributed by atoms with Gasteiger partial charge in [-0.3, -0.25) is 19.5 Å². The Bertz CT molecular complexity index is 1260. The molecule has 0 aliphatic carbocycles. The highest BCUT2D eigenvalue weighted by molar-refractivity contribution is 6.42. The fourth-order valence-electron chi connectivity index (χ4n) is 3.57. The molecule has 0 saturated heterocycles. The minimum atomic E-state index is -0.490. The molecule has 6 nitrogen and oxygen atoms in total. The van der Waals surface area contributed by atoms with Crippen LogP contribution in [0.25, 0.3) is 11.8 Å². The first kappa shape index (κ1) is 25.5. The number of carbonyl (C=O) groups excluding carboxylic acids is 2. The highest BCUT2D eigenvalue weighted by atomic mass is 35.5. The first-order valence-corrected chi connectivity index (χ1v) is 11.8. The molecule has 0 aliphatic rings. The molecule has 2 aromatic carbocycles. The molecule has 8 heteroatoms. The maximum atomic E-state index is 13.3. The number of ketones is 1. The topological polar surface area (TPSA) is 75.2 Å². The molecule has 0 aliphatic heterocycles. The normalized spacial score (nSPS) is 11.4. The van der Waals surface area contributed by atoms with Crippen molar-refractivity contribution >= 4 is 41.0 Å². The van der Waals surface area contributed by atoms with Gasteiger partial charge in [0.2, 0.25) is 5.91 Å². The number of aromatic nitrogens is 2. The van der Waals surface area contributed by atoms with Crippen molar-refractivity contribution in [3.8, 4) is 5.69 Å². The summed E-state index contributed by atoms with van der Waals surface area (Å²) in [5.74, 6) is -0.826. The van der Waals surface area contributed by atoms with Gasteiger partial charge in [-0.15, -0.1) is 0 Å². The second-order valence-corrected chi connectivity index (χ2v) is 9.04. The van der Waals surface area contributed by atoms with Crippen molar-refractivity contribution in [2.24, 2.45) is 0 Å². The molecule has 0 saturated carbocycles. The molecule has 0 unspecified atom stereocenters. The Kier molecular flexibility index (Phi) is 8.53. The predicted molar refractivity (Wildman–Crippen MR) is 137 cm³/mol. The zero-order chi connectivity index (χ0) is 24.8. The minimum absolute atomic E-state index is 0.0435. The van der Waals surface area contributed by atoms with Gasteiger partial charge in [-0.2, -0.15) is 0 Å². The standard InChI is InChI=1S/C26H27Cl2N3O3/c1-4-14-30(23(33)13-10-18-8-6-5-7-9-18)16-22(32)24-25(17(2)3)29-31(26(24)34)19-11-12-20(27)21(28)15-19/h5-13,15,17,29H,4,14,16H2,1-3H3. The minimum Gasteiger partial charge on any atom is -0.331 e. The molecule has 1 amide bonds. The van der Waals surface area contributed by atoms with E-state index in [1.807, 2.05) is 51.1 Å². The van der Waals surface area contributed by atoms with Gasteiger partial charge < -0.3 is 4.90 Å². The molecule has 0 fully saturated rings. The first-order valence-electron chi connectivity index (χ1n) is 11.1. The second kappa shape index (κ2) is 11.4. The van der Waals surface area contributed by atoms with Crippen molar-refractivity contribution < 1.29 is 9.59 Å². The Hall–Kier alpha value is -3.09. The van der Waals surface area contributed by atoms with E-state index in [0.29, 0.717) is 34.4 Å². The summed E-state index contributed by atoms with van der Waals surface area (Å²) in [6, 6.07) is 14.2. The van der Waals surface area contributed by atoms with E-state index in [0.717, 1.165) is 5.56 Å². The van der Waals surface area contributed by atoms with Gasteiger partial charge in [0, 0.05) is 12.6 Å². The number of nitrogens with one attached hydrogen (secondary N) is 1. The molecule has 0 radical (unpaired) electrons. The summed E-state index contributed by atoms with van der Waals surface area (Å²) in [5.41, 5.74) is 1.41. The van der Waals surface area contributed by atoms with Gasteiger partial charge in [-0.25, -0.2) is 4.68 Å². The van der Waals surface area contributed by atoms with E-state index >= 15 is 0 Å². The molecule has 0 spiro atoms. The van der Waals surface area contributed by atoms with Crippen LogP contribution in [0.4, 0.5) is 0 Å². The fourth-order valence-corrected chi connectivity index (χ4v) is 3.87. The van der Waals surface area contributed by atoms with Gasteiger partial charge >= 0.3 is 0 Å². The number of nitrogens with zero attached hydrogens (tertiary/aromatic N) is 2. The van der Waals surface area contributed by atoms with Crippen LogP contribution >= 0.6 is 23.2 Å². The third-order valence-corrected chi connectivity index (χ3v) is 6.03. The highest BCUT2D eigenvalue weighted by Crippen LogP contribution is 2.25. The number of amides is 1. The summed E-state index contributed by atoms with van der Waals surface area (Å²) in [7, 11) is 0. The molecule has 1 aromatic heterocycles. The number of hydrogen-bond donors (Lipinski definition) is 1. The van der Waals surface area contributed by atoms with Crippen LogP contribution in [-0.4, -0.2) is 39.5 Å². The Morgan fingerprint density at radius 2 is 1.79 bits per heavy atom. The van der Waals surface area contributed by atoms with Crippen LogP contribution in [0.2, 0.25) is 10.0 Å². The van der Waals surface area contributed by atoms with E-state index in [9.17, 15) is 14.4 Å². The van der Waals surface area contributed by atoms with Crippen LogP contribution in [0.15, 0.2) is 59.4 Å². The third-order valence-electron chi connectivity index (χ3n) is 5.29. The van der Waals surface area contributed by atoms with E-state index in [1.54, 1.807) is 24.3 Å². The molecule has 0 atom stereocenters. The van der Waals surface area contributed by atoms with E-state index < -0.39 is 11.3 Å². The number of rotatable bonds is 9. The van der Waals surface area contributed by atoms with Gasteiger partial charge in [-0.05, 0) is 42.2 Å². The van der Waals surface area contributed by atoms with Crippen LogP contribution in [-0.2, 0) is 4.79 Å². The number of hydrogen-bond acceptors (Lipinski definition) is 3. The average molecular weight is 500 g/mol. The SMILES string of the molecule is CCCN(CC(=O)c1c(C(C)C)[nH]n(-c2ccc(Cl)c(Cl)c2)c1=O)C(=O)C=Cc1ccccc1. The molecule has 1 heterocycles. The summed E-state index contributed by atoms with van der Waals surface area (Å²) < 4.78 is 1.28. The number of carbonyl (C=O) groups is 2. The zero-order valence-electron chi connectivity index (χ0n) is 19.3. The van der Waals surface area contributed by atoms with Crippen LogP contribution in [0, 0.1) is 0 Å². The molecule has 34 heavy (non-hydrogen) atoms. The van der Waals surface area contributed by atoms with Gasteiger partial charge in [0.25, 0.3) is 5.56 Å². The van der Waals surface area contributed by atoms with Gasteiger partial charge in [0.1, 0.15) is 5.56 Å². The molecule has 178 valence electrons. The highest BCUT2D eigenvalue weighted by Gasteiger charge is 2.26. The Labute approximate surface area is 208 Å². The molecule has 3 aromatic rings. The summed E-state index contributed by atoms with van der Waals surface area (Å²) >= 11 is 12.1. The Morgan fingerprint density at radius 1 is 1.09 bits per heavy atom. The number of halogens is 2. The largest absolute Gasteiger partial charge is 0.331 e. The lowest BCUT2D eigenvalue weighted by Crippen LogP contribution is -2.37. The zero-order valence-corrected chi connectivity index (χ0v) is 20.9.